The van der Waals surface area contributed by atoms with Crippen LogP contribution in [-0.2, 0) is 26.0 Å². The molecule has 0 unspecified atom stereocenters. The van der Waals surface area contributed by atoms with Gasteiger partial charge in [-0.2, -0.15) is 0 Å². The molecule has 2 aromatic rings. The highest BCUT2D eigenvalue weighted by Gasteiger charge is 2.22. The van der Waals surface area contributed by atoms with Crippen LogP contribution >= 0.6 is 11.8 Å². The van der Waals surface area contributed by atoms with Crippen LogP contribution in [0.25, 0.3) is 0 Å². The Hall–Kier alpha value is -2.32. The van der Waals surface area contributed by atoms with E-state index < -0.39 is 9.84 Å². The number of thioether (sulfide) groups is 1. The van der Waals surface area contributed by atoms with Gasteiger partial charge in [0, 0.05) is 29.5 Å². The number of amides is 2. The van der Waals surface area contributed by atoms with E-state index in [0.717, 1.165) is 10.5 Å². The van der Waals surface area contributed by atoms with E-state index in [1.807, 2.05) is 37.3 Å². The standard InChI is InChI=1S/C20H22N2O4S2/c1-14-11-20(24)22-17-12-16(7-8-18(17)27-14)28(25,26)10-9-19(23)21-13-15-5-3-2-4-6-15/h2-8,12,14H,9-11,13H2,1H3,(H,21,23)(H,22,24)/t14-/m1/s1. The lowest BCUT2D eigenvalue weighted by Crippen LogP contribution is -2.25. The van der Waals surface area contributed by atoms with Crippen molar-refractivity contribution in [3.8, 4) is 0 Å². The molecule has 0 aromatic heterocycles. The third-order valence-corrected chi connectivity index (χ3v) is 7.21. The van der Waals surface area contributed by atoms with E-state index in [1.54, 1.807) is 6.07 Å². The fraction of sp³-hybridized carbons (Fsp3) is 0.300. The van der Waals surface area contributed by atoms with Crippen LogP contribution in [0.5, 0.6) is 0 Å². The summed E-state index contributed by atoms with van der Waals surface area (Å²) in [6, 6.07) is 14.1. The van der Waals surface area contributed by atoms with Gasteiger partial charge in [-0.05, 0) is 23.8 Å². The van der Waals surface area contributed by atoms with Crippen molar-refractivity contribution in [1.82, 2.24) is 5.32 Å². The Morgan fingerprint density at radius 3 is 2.71 bits per heavy atom. The molecular weight excluding hydrogens is 396 g/mol. The maximum Gasteiger partial charge on any atom is 0.225 e. The Kier molecular flexibility index (Phi) is 6.41. The summed E-state index contributed by atoms with van der Waals surface area (Å²) in [5, 5.41) is 5.62. The number of nitrogens with one attached hydrogen (secondary N) is 2. The van der Waals surface area contributed by atoms with Crippen LogP contribution in [-0.4, -0.2) is 31.2 Å². The molecule has 0 aliphatic carbocycles. The van der Waals surface area contributed by atoms with Crippen molar-refractivity contribution in [2.75, 3.05) is 11.1 Å². The summed E-state index contributed by atoms with van der Waals surface area (Å²) in [5.41, 5.74) is 1.46. The van der Waals surface area contributed by atoms with Gasteiger partial charge >= 0.3 is 0 Å². The van der Waals surface area contributed by atoms with Crippen molar-refractivity contribution < 1.29 is 18.0 Å². The number of hydrogen-bond acceptors (Lipinski definition) is 5. The normalized spacial score (nSPS) is 16.6. The lowest BCUT2D eigenvalue weighted by atomic mass is 10.2. The van der Waals surface area contributed by atoms with Gasteiger partial charge < -0.3 is 10.6 Å². The Labute approximate surface area is 169 Å². The van der Waals surface area contributed by atoms with Crippen LogP contribution in [0.4, 0.5) is 5.69 Å². The third-order valence-electron chi connectivity index (χ3n) is 4.32. The van der Waals surface area contributed by atoms with Gasteiger partial charge in [0.2, 0.25) is 11.8 Å². The van der Waals surface area contributed by atoms with Crippen LogP contribution in [0.2, 0.25) is 0 Å². The summed E-state index contributed by atoms with van der Waals surface area (Å²) in [4.78, 5) is 24.9. The minimum absolute atomic E-state index is 0.109. The molecule has 1 aliphatic rings. The maximum atomic E-state index is 12.6. The topological polar surface area (TPSA) is 92.3 Å². The fourth-order valence-corrected chi connectivity index (χ4v) is 5.17. The van der Waals surface area contributed by atoms with Crippen molar-refractivity contribution in [2.24, 2.45) is 0 Å². The van der Waals surface area contributed by atoms with E-state index in [0.29, 0.717) is 18.7 Å². The van der Waals surface area contributed by atoms with Crippen LogP contribution in [0.3, 0.4) is 0 Å². The number of sulfone groups is 1. The highest BCUT2D eigenvalue weighted by Crippen LogP contribution is 2.36. The second-order valence-corrected chi connectivity index (χ2v) is 10.3. The first kappa shape index (κ1) is 20.4. The molecule has 8 heteroatoms. The second-order valence-electron chi connectivity index (χ2n) is 6.67. The Morgan fingerprint density at radius 2 is 1.96 bits per heavy atom. The van der Waals surface area contributed by atoms with Crippen LogP contribution in [0.15, 0.2) is 58.3 Å². The van der Waals surface area contributed by atoms with Crippen molar-refractivity contribution >= 4 is 39.1 Å². The van der Waals surface area contributed by atoms with Gasteiger partial charge in [0.15, 0.2) is 9.84 Å². The number of benzene rings is 2. The number of carbonyl (C=O) groups is 2. The average Bonchev–Trinajstić information content (AvgIpc) is 2.81. The van der Waals surface area contributed by atoms with Gasteiger partial charge in [0.1, 0.15) is 0 Å². The zero-order valence-corrected chi connectivity index (χ0v) is 17.1. The largest absolute Gasteiger partial charge is 0.352 e. The van der Waals surface area contributed by atoms with Crippen molar-refractivity contribution in [3.63, 3.8) is 0 Å². The molecule has 0 saturated heterocycles. The molecule has 2 N–H and O–H groups in total. The van der Waals surface area contributed by atoms with Crippen LogP contribution in [0, 0.1) is 0 Å². The van der Waals surface area contributed by atoms with Crippen LogP contribution in [0.1, 0.15) is 25.3 Å². The Balaban J connectivity index is 1.63. The first-order chi connectivity index (χ1) is 13.3. The highest BCUT2D eigenvalue weighted by atomic mass is 32.2. The first-order valence-corrected chi connectivity index (χ1v) is 11.5. The van der Waals surface area contributed by atoms with Gasteiger partial charge in [0.05, 0.1) is 16.3 Å². The van der Waals surface area contributed by atoms with Crippen molar-refractivity contribution in [2.45, 2.75) is 41.4 Å². The summed E-state index contributed by atoms with van der Waals surface area (Å²) in [6.45, 7) is 2.32. The summed E-state index contributed by atoms with van der Waals surface area (Å²) < 4.78 is 25.3. The zero-order valence-electron chi connectivity index (χ0n) is 15.5. The van der Waals surface area contributed by atoms with Crippen LogP contribution < -0.4 is 10.6 Å². The van der Waals surface area contributed by atoms with E-state index in [4.69, 9.17) is 0 Å². The molecule has 2 aromatic carbocycles. The summed E-state index contributed by atoms with van der Waals surface area (Å²) in [5.74, 6) is -0.738. The molecule has 2 amide bonds. The van der Waals surface area contributed by atoms with E-state index in [1.165, 1.54) is 23.9 Å². The number of hydrogen-bond donors (Lipinski definition) is 2. The molecule has 0 saturated carbocycles. The van der Waals surface area contributed by atoms with Gasteiger partial charge in [-0.15, -0.1) is 11.8 Å². The molecule has 0 radical (unpaired) electrons. The maximum absolute atomic E-state index is 12.6. The van der Waals surface area contributed by atoms with E-state index in [2.05, 4.69) is 10.6 Å². The predicted molar refractivity (Wildman–Crippen MR) is 110 cm³/mol. The van der Waals surface area contributed by atoms with Crippen molar-refractivity contribution in [3.05, 3.63) is 54.1 Å². The van der Waals surface area contributed by atoms with E-state index in [9.17, 15) is 18.0 Å². The minimum Gasteiger partial charge on any atom is -0.352 e. The number of carbonyl (C=O) groups excluding carboxylic acids is 2. The molecular formula is C20H22N2O4S2. The third kappa shape index (κ3) is 5.36. The average molecular weight is 419 g/mol. The minimum atomic E-state index is -3.64. The monoisotopic (exact) mass is 418 g/mol. The lowest BCUT2D eigenvalue weighted by Gasteiger charge is -2.11. The first-order valence-electron chi connectivity index (χ1n) is 8.97. The van der Waals surface area contributed by atoms with E-state index >= 15 is 0 Å². The highest BCUT2D eigenvalue weighted by molar-refractivity contribution is 8.00. The van der Waals surface area contributed by atoms with Crippen molar-refractivity contribution in [1.29, 1.82) is 0 Å². The molecule has 1 atom stereocenters. The molecule has 1 aliphatic heterocycles. The Bertz CT molecular complexity index is 975. The molecule has 6 nitrogen and oxygen atoms in total. The number of fused-ring (bicyclic) bond motifs is 1. The molecule has 3 rings (SSSR count). The van der Waals surface area contributed by atoms with Gasteiger partial charge in [-0.25, -0.2) is 8.42 Å². The molecule has 28 heavy (non-hydrogen) atoms. The van der Waals surface area contributed by atoms with Gasteiger partial charge in [-0.1, -0.05) is 37.3 Å². The molecule has 1 heterocycles. The smallest absolute Gasteiger partial charge is 0.225 e. The molecule has 0 spiro atoms. The molecule has 0 fully saturated rings. The summed E-state index contributed by atoms with van der Waals surface area (Å²) in [7, 11) is -3.64. The van der Waals surface area contributed by atoms with E-state index in [-0.39, 0.29) is 34.1 Å². The Morgan fingerprint density at radius 1 is 1.21 bits per heavy atom. The molecule has 0 bridgehead atoms. The number of anilines is 1. The second kappa shape index (κ2) is 8.79. The molecule has 148 valence electrons. The summed E-state index contributed by atoms with van der Waals surface area (Å²) in [6.07, 6.45) is 0.257. The quantitative estimate of drug-likeness (QED) is 0.752. The fourth-order valence-electron chi connectivity index (χ4n) is 2.85. The summed E-state index contributed by atoms with van der Waals surface area (Å²) >= 11 is 1.54. The SMILES string of the molecule is C[C@@H]1CC(=O)Nc2cc(S(=O)(=O)CCC(=O)NCc3ccccc3)ccc2S1. The number of rotatable bonds is 6. The lowest BCUT2D eigenvalue weighted by molar-refractivity contribution is -0.121. The predicted octanol–water partition coefficient (Wildman–Crippen LogP) is 2.99. The van der Waals surface area contributed by atoms with Gasteiger partial charge in [-0.3, -0.25) is 9.59 Å². The van der Waals surface area contributed by atoms with Gasteiger partial charge in [0.25, 0.3) is 0 Å². The zero-order chi connectivity index (χ0) is 20.1.